The molecule has 0 spiro atoms. The molecule has 2 fully saturated rings. The molecule has 15 amide bonds. The van der Waals surface area contributed by atoms with Crippen LogP contribution in [0.25, 0.3) is 10.9 Å². The lowest BCUT2D eigenvalue weighted by Crippen LogP contribution is -2.61. The summed E-state index contributed by atoms with van der Waals surface area (Å²) in [6.45, 7) is -0.0470. The lowest BCUT2D eigenvalue weighted by Gasteiger charge is -2.31. The zero-order valence-corrected chi connectivity index (χ0v) is 80.7. The van der Waals surface area contributed by atoms with Crippen molar-refractivity contribution in [2.45, 2.75) is 232 Å². The zero-order valence-electron chi connectivity index (χ0n) is 79.1. The number of carbonyl (C=O) groups is 15. The van der Waals surface area contributed by atoms with Gasteiger partial charge in [0, 0.05) is 93.7 Å². The Labute approximate surface area is 828 Å². The number of unbranched alkanes of at least 4 members (excludes halogenated alkanes) is 2. The average molecular weight is 2030 g/mol. The van der Waals surface area contributed by atoms with Gasteiger partial charge in [0.2, 0.25) is 76.8 Å². The number of carbonyl (C=O) groups excluding carboxylic acids is 14. The molecule has 0 unspecified atom stereocenters. The molecular weight excluding hydrogens is 1890 g/mol. The van der Waals surface area contributed by atoms with E-state index in [0.717, 1.165) is 21.6 Å². The number of H-pyrrole nitrogens is 1. The van der Waals surface area contributed by atoms with Crippen LogP contribution >= 0.6 is 21.6 Å². The van der Waals surface area contributed by atoms with E-state index in [1.165, 1.54) is 53.4 Å². The highest BCUT2D eigenvalue weighted by Gasteiger charge is 2.43. The van der Waals surface area contributed by atoms with E-state index in [1.54, 1.807) is 30.5 Å². The number of hydrogen-bond acceptors (Lipinski definition) is 27. The summed E-state index contributed by atoms with van der Waals surface area (Å²) in [7, 11) is 1.46. The number of nitrogens with zero attached hydrogens (tertiary/aromatic N) is 1. The molecule has 3 heterocycles. The highest BCUT2D eigenvalue weighted by molar-refractivity contribution is 8.76. The zero-order chi connectivity index (χ0) is 104. The van der Waals surface area contributed by atoms with E-state index in [2.05, 4.69) is 101 Å². The average Bonchev–Trinajstić information content (AvgIpc) is 1.65. The van der Waals surface area contributed by atoms with Gasteiger partial charge in [0.1, 0.15) is 90.0 Å². The Balaban J connectivity index is 1.61. The van der Waals surface area contributed by atoms with E-state index >= 15 is 57.5 Å². The van der Waals surface area contributed by atoms with Crippen molar-refractivity contribution in [3.05, 3.63) is 95.7 Å². The molecule has 782 valence electrons. The third-order valence-corrected chi connectivity index (χ3v) is 25.4. The molecule has 3 aromatic carbocycles. The van der Waals surface area contributed by atoms with Gasteiger partial charge in [-0.05, 0) is 189 Å². The smallest absolute Gasteiger partial charge is 0.326 e. The number of carboxylic acid groups (broad SMARTS) is 1. The Morgan fingerprint density at radius 1 is 0.437 bits per heavy atom. The molecule has 1 aromatic heterocycles. The molecule has 142 heavy (non-hydrogen) atoms. The quantitative estimate of drug-likeness (QED) is 0.00846. The number of aromatic amines is 1. The van der Waals surface area contributed by atoms with E-state index in [-0.39, 0.29) is 204 Å². The van der Waals surface area contributed by atoms with Crippen LogP contribution < -0.4 is 147 Å². The van der Waals surface area contributed by atoms with Crippen molar-refractivity contribution in [2.24, 2.45) is 51.6 Å². The van der Waals surface area contributed by atoms with Crippen molar-refractivity contribution in [2.75, 3.05) is 70.4 Å². The van der Waals surface area contributed by atoms with Gasteiger partial charge in [-0.1, -0.05) is 64.1 Å². The molecule has 45 N–H and O–H groups in total. The van der Waals surface area contributed by atoms with Gasteiger partial charge in [-0.25, -0.2) is 9.59 Å². The maximum Gasteiger partial charge on any atom is 0.326 e. The summed E-state index contributed by atoms with van der Waals surface area (Å²) in [6.07, 6.45) is 0.141. The molecule has 14 atom stereocenters. The number of aromatic nitrogens is 1. The van der Waals surface area contributed by atoms with Gasteiger partial charge < -0.3 is 173 Å². The fourth-order valence-electron chi connectivity index (χ4n) is 15.4. The Morgan fingerprint density at radius 3 is 1.32 bits per heavy atom. The first-order valence-electron chi connectivity index (χ1n) is 46.9. The number of para-hydroxylation sites is 1. The second-order valence-corrected chi connectivity index (χ2v) is 36.7. The number of phenols is 2. The number of phenolic OH excluding ortho intramolecular Hbond substituents is 2. The van der Waals surface area contributed by atoms with Crippen molar-refractivity contribution in [1.82, 2.24) is 106 Å². The first kappa shape index (κ1) is 116. The number of aromatic hydroxyl groups is 2. The van der Waals surface area contributed by atoms with Crippen molar-refractivity contribution in [1.29, 1.82) is 27.0 Å². The second-order valence-electron chi connectivity index (χ2n) is 34.2. The van der Waals surface area contributed by atoms with Crippen molar-refractivity contribution in [3.8, 4) is 11.5 Å². The van der Waals surface area contributed by atoms with E-state index < -0.39 is 222 Å². The minimum Gasteiger partial charge on any atom is -0.508 e. The Kier molecular flexibility index (Phi) is 50.7. The summed E-state index contributed by atoms with van der Waals surface area (Å²) >= 11 is 0. The summed E-state index contributed by atoms with van der Waals surface area (Å²) in [5, 5.41) is 119. The molecule has 54 heteroatoms. The molecule has 0 aliphatic carbocycles. The monoisotopic (exact) mass is 2030 g/mol. The topological polar surface area (TPSA) is 906 Å². The van der Waals surface area contributed by atoms with Crippen LogP contribution in [0, 0.1) is 27.0 Å². The van der Waals surface area contributed by atoms with Crippen molar-refractivity contribution < 1.29 is 87.2 Å². The van der Waals surface area contributed by atoms with Gasteiger partial charge in [0.05, 0.1) is 6.04 Å². The number of nitrogens with two attached hydrogens (primary N) is 9. The second kappa shape index (κ2) is 61.9. The standard InChI is InChI=1S/C88H140N34O18S2/c89-33-5-3-17-56-72(128)115-61(18-4-6-34-90)81(137)122-41-13-24-68(122)80(136)119-64(43-49-27-31-52(124)32-28-49)76(132)114-59(21-10-38-106-86(98)99)71(127)112-60(22-11-40-108-88(102)140)74(130)120-66(78(134)116-62(82(138)139)23-12-39-107-87(100)101)46-141-142-47-67(79(135)117-63(42-48-25-29-51(123)30-26-48)75(131)113-58(70(126)111-56)20-9-37-105-85(96)97)121-77(133)65(44-50-45-109-55-16-2-1-14-53(50)55)118-73(129)57(19-8-36-104-84(94)95)110-69(125)54(91)15-7-35-103-83(92)93/h1-2,14,16,25-32,45,54,56-68,109,123-124H,3-13,15,17-24,33-44,46-47,89-91H2,(H,110,125)(H,111,126)(H,112,127)(H,113,131)(H,114,132)(H,115,128)(H,116,134)(H,117,135)(H,118,129)(H,119,136)(H,120,130)(H,121,133)(H,138,139)(H4,92,93,103)(H4,94,95,104)(H4,96,97,105)(H4,98,99,106)(H4,100,101,107)(H3,102,108,140)/t54-,56-,57-,58-,59-,60-,61+,62-,63-,64-,65-,66-,67-,68-/m0/s1. The third-order valence-electron chi connectivity index (χ3n) is 22.9. The number of amides is 15. The Morgan fingerprint density at radius 2 is 0.845 bits per heavy atom. The van der Waals surface area contributed by atoms with Gasteiger partial charge in [0.25, 0.3) is 0 Å². The summed E-state index contributed by atoms with van der Waals surface area (Å²) in [6, 6.07) is -5.96. The molecule has 0 bridgehead atoms. The van der Waals surface area contributed by atoms with Crippen LogP contribution in [0.1, 0.15) is 145 Å². The minimum atomic E-state index is -1.91. The first-order valence-corrected chi connectivity index (χ1v) is 49.3. The highest BCUT2D eigenvalue weighted by atomic mass is 33.1. The Bertz CT molecular complexity index is 4930. The largest absolute Gasteiger partial charge is 0.508 e. The van der Waals surface area contributed by atoms with Crippen LogP contribution in [-0.4, -0.2) is 299 Å². The molecule has 0 radical (unpaired) electrons. The molecule has 2 aliphatic heterocycles. The number of benzene rings is 3. The van der Waals surface area contributed by atoms with E-state index in [4.69, 9.17) is 78.6 Å². The fraction of sp³-hybridized carbons (Fsp3) is 0.545. The van der Waals surface area contributed by atoms with Crippen LogP contribution in [0.5, 0.6) is 11.5 Å². The Hall–Kier alpha value is -14.4. The molecule has 0 saturated carbocycles. The first-order chi connectivity index (χ1) is 67.7. The maximum atomic E-state index is 16.0. The van der Waals surface area contributed by atoms with Gasteiger partial charge in [-0.2, -0.15) is 0 Å². The van der Waals surface area contributed by atoms with E-state index in [9.17, 15) is 29.7 Å². The van der Waals surface area contributed by atoms with Crippen LogP contribution in [-0.2, 0) is 86.4 Å². The molecule has 52 nitrogen and oxygen atoms in total. The predicted molar refractivity (Wildman–Crippen MR) is 532 cm³/mol. The number of guanidine groups is 5. The lowest BCUT2D eigenvalue weighted by molar-refractivity contribution is -0.142. The molecule has 4 aromatic rings. The van der Waals surface area contributed by atoms with E-state index in [1.807, 2.05) is 0 Å². The number of aliphatic carboxylic acids is 1. The third kappa shape index (κ3) is 42.3. The number of primary amides is 1. The summed E-state index contributed by atoms with van der Waals surface area (Å²) < 4.78 is 0. The SMILES string of the molecule is N=C(N)NCCC[C@H](NC(=O)[C@@H]1CSSC[C@H](NC(=O)[C@H](Cc2c[nH]c3ccccc23)NC(=O)[C@H](CCCNC(=N)N)NC(=O)[C@@H](N)CCCNC(=N)N)C(=O)N[C@@H](Cc2ccc(O)cc2)C(=O)N[C@@H](CCCNC(=N)N)C(=O)N[C@@H](CCCCN)C(=O)N[C@H](CCCCN)C(=O)N2CCC[C@H]2C(=O)N[C@@H](Cc2ccc(O)cc2)C(=O)N[C@@H](CCCNC(=N)N)C(=O)N[C@@H](CCCNC(N)=O)C(=O)N1)C(=O)O. The van der Waals surface area contributed by atoms with Gasteiger partial charge in [-0.15, -0.1) is 0 Å². The normalized spacial score (nSPS) is 20.3. The number of hydrogen-bond donors (Lipinski definition) is 36. The summed E-state index contributed by atoms with van der Waals surface area (Å²) in [4.78, 5) is 229. The molecule has 6 rings (SSSR count). The minimum absolute atomic E-state index is 0.0117. The van der Waals surface area contributed by atoms with Crippen LogP contribution in [0.15, 0.2) is 79.0 Å². The number of carboxylic acids is 1. The predicted octanol–water partition coefficient (Wildman–Crippen LogP) is -6.75. The van der Waals surface area contributed by atoms with Crippen molar-refractivity contribution >= 4 is 151 Å². The fourth-order valence-corrected chi connectivity index (χ4v) is 17.7. The van der Waals surface area contributed by atoms with Crippen LogP contribution in [0.4, 0.5) is 4.79 Å². The molecule has 2 saturated heterocycles. The number of urea groups is 1. The summed E-state index contributed by atoms with van der Waals surface area (Å²) in [5.41, 5.74) is 53.4. The lowest BCUT2D eigenvalue weighted by atomic mass is 10.0. The number of fused-ring (bicyclic) bond motifs is 2. The van der Waals surface area contributed by atoms with Gasteiger partial charge in [-0.3, -0.25) is 89.4 Å². The van der Waals surface area contributed by atoms with Gasteiger partial charge >= 0.3 is 12.0 Å². The maximum absolute atomic E-state index is 16.0. The number of nitrogens with one attached hydrogen (secondary N) is 24. The van der Waals surface area contributed by atoms with Gasteiger partial charge in [0.15, 0.2) is 29.8 Å². The van der Waals surface area contributed by atoms with Crippen molar-refractivity contribution in [3.63, 3.8) is 0 Å². The van der Waals surface area contributed by atoms with Crippen LogP contribution in [0.3, 0.4) is 0 Å². The van der Waals surface area contributed by atoms with E-state index in [0.29, 0.717) is 34.9 Å². The highest BCUT2D eigenvalue weighted by Crippen LogP contribution is 2.27. The number of rotatable bonds is 47. The molecular formula is C88H140N34O18S2. The molecule has 2 aliphatic rings. The van der Waals surface area contributed by atoms with Crippen LogP contribution in [0.2, 0.25) is 0 Å². The summed E-state index contributed by atoms with van der Waals surface area (Å²) in [5.74, 6) is -18.4.